The van der Waals surface area contributed by atoms with Crippen molar-refractivity contribution >= 4 is 0 Å². The molecule has 70 valence electrons. The minimum Gasteiger partial charge on any atom is -0.486 e. The van der Waals surface area contributed by atoms with E-state index in [1.165, 1.54) is 0 Å². The first-order valence-electron chi connectivity index (χ1n) is 4.53. The molecule has 0 aromatic carbocycles. The van der Waals surface area contributed by atoms with E-state index in [-0.39, 0.29) is 0 Å². The molecule has 1 aliphatic heterocycles. The highest BCUT2D eigenvalue weighted by Crippen LogP contribution is 2.30. The van der Waals surface area contributed by atoms with Gasteiger partial charge in [-0.2, -0.15) is 0 Å². The third kappa shape index (κ3) is 1.59. The maximum Gasteiger partial charge on any atom is 0.179 e. The lowest BCUT2D eigenvalue weighted by Gasteiger charge is -2.18. The maximum absolute atomic E-state index is 5.45. The minimum absolute atomic E-state index is 0.427. The number of ether oxygens (including phenoxy) is 2. The summed E-state index contributed by atoms with van der Waals surface area (Å²) in [4.78, 5) is 4.29. The van der Waals surface area contributed by atoms with Gasteiger partial charge < -0.3 is 9.47 Å². The number of pyridine rings is 1. The quantitative estimate of drug-likeness (QED) is 0.660. The molecule has 0 aliphatic carbocycles. The molecule has 1 aliphatic rings. The molecule has 0 N–H and O–H groups in total. The van der Waals surface area contributed by atoms with Gasteiger partial charge in [-0.05, 0) is 5.92 Å². The first-order chi connectivity index (χ1) is 6.27. The van der Waals surface area contributed by atoms with Gasteiger partial charge in [-0.25, -0.2) is 0 Å². The minimum atomic E-state index is 0.427. The van der Waals surface area contributed by atoms with E-state index in [0.29, 0.717) is 19.1 Å². The van der Waals surface area contributed by atoms with Gasteiger partial charge in [0, 0.05) is 11.8 Å². The van der Waals surface area contributed by atoms with E-state index >= 15 is 0 Å². The van der Waals surface area contributed by atoms with Crippen molar-refractivity contribution in [2.45, 2.75) is 19.8 Å². The van der Waals surface area contributed by atoms with Crippen LogP contribution in [0.3, 0.4) is 0 Å². The number of hydrogen-bond donors (Lipinski definition) is 0. The summed E-state index contributed by atoms with van der Waals surface area (Å²) in [5.41, 5.74) is 1.05. The molecule has 3 nitrogen and oxygen atoms in total. The fourth-order valence-corrected chi connectivity index (χ4v) is 1.28. The van der Waals surface area contributed by atoms with Gasteiger partial charge in [-0.1, -0.05) is 13.8 Å². The predicted octanol–water partition coefficient (Wildman–Crippen LogP) is 1.98. The van der Waals surface area contributed by atoms with Crippen LogP contribution in [0.1, 0.15) is 25.5 Å². The van der Waals surface area contributed by atoms with Gasteiger partial charge in [0.15, 0.2) is 11.5 Å². The van der Waals surface area contributed by atoms with Crippen molar-refractivity contribution < 1.29 is 9.47 Å². The molecule has 0 saturated carbocycles. The molecular weight excluding hydrogens is 166 g/mol. The summed E-state index contributed by atoms with van der Waals surface area (Å²) in [6.45, 7) is 5.47. The Morgan fingerprint density at radius 3 is 2.62 bits per heavy atom. The third-order valence-corrected chi connectivity index (χ3v) is 2.04. The largest absolute Gasteiger partial charge is 0.486 e. The second kappa shape index (κ2) is 3.24. The lowest BCUT2D eigenvalue weighted by Crippen LogP contribution is -2.16. The van der Waals surface area contributed by atoms with Gasteiger partial charge in [0.1, 0.15) is 13.2 Å². The highest BCUT2D eigenvalue weighted by Gasteiger charge is 2.13. The van der Waals surface area contributed by atoms with Crippen LogP contribution in [0.4, 0.5) is 0 Å². The van der Waals surface area contributed by atoms with E-state index < -0.39 is 0 Å². The van der Waals surface area contributed by atoms with Crippen LogP contribution in [0, 0.1) is 0 Å². The number of hydrogen-bond acceptors (Lipinski definition) is 3. The first-order valence-corrected chi connectivity index (χ1v) is 4.53. The molecule has 1 aromatic heterocycles. The Labute approximate surface area is 77.7 Å². The summed E-state index contributed by atoms with van der Waals surface area (Å²) in [7, 11) is 0. The lowest BCUT2D eigenvalue weighted by molar-refractivity contribution is 0.170. The average molecular weight is 179 g/mol. The van der Waals surface area contributed by atoms with E-state index in [4.69, 9.17) is 9.47 Å². The molecule has 0 saturated heterocycles. The van der Waals surface area contributed by atoms with Crippen LogP contribution in [-0.4, -0.2) is 18.2 Å². The monoisotopic (exact) mass is 179 g/mol. The van der Waals surface area contributed by atoms with Gasteiger partial charge in [-0.3, -0.25) is 4.98 Å². The van der Waals surface area contributed by atoms with E-state index in [1.54, 1.807) is 6.20 Å². The Bertz CT molecular complexity index is 310. The van der Waals surface area contributed by atoms with Crippen LogP contribution in [0.2, 0.25) is 0 Å². The molecule has 1 aromatic rings. The van der Waals surface area contributed by atoms with Crippen LogP contribution in [-0.2, 0) is 0 Å². The van der Waals surface area contributed by atoms with Crippen molar-refractivity contribution in [2.75, 3.05) is 13.2 Å². The Morgan fingerprint density at radius 2 is 1.92 bits per heavy atom. The van der Waals surface area contributed by atoms with Crippen molar-refractivity contribution in [3.8, 4) is 11.5 Å². The van der Waals surface area contributed by atoms with Crippen LogP contribution in [0.25, 0.3) is 0 Å². The molecule has 3 heteroatoms. The van der Waals surface area contributed by atoms with E-state index in [0.717, 1.165) is 17.2 Å². The summed E-state index contributed by atoms with van der Waals surface area (Å²) >= 11 is 0. The van der Waals surface area contributed by atoms with Crippen molar-refractivity contribution in [1.29, 1.82) is 0 Å². The molecule has 13 heavy (non-hydrogen) atoms. The van der Waals surface area contributed by atoms with Gasteiger partial charge in [0.05, 0.1) is 6.20 Å². The smallest absolute Gasteiger partial charge is 0.179 e. The molecule has 2 heterocycles. The summed E-state index contributed by atoms with van der Waals surface area (Å²) in [6, 6.07) is 1.96. The average Bonchev–Trinajstić information content (AvgIpc) is 2.17. The van der Waals surface area contributed by atoms with Gasteiger partial charge >= 0.3 is 0 Å². The van der Waals surface area contributed by atoms with Crippen molar-refractivity contribution in [3.05, 3.63) is 18.0 Å². The topological polar surface area (TPSA) is 31.4 Å². The number of nitrogens with zero attached hydrogens (tertiary/aromatic N) is 1. The van der Waals surface area contributed by atoms with Crippen molar-refractivity contribution in [2.24, 2.45) is 0 Å². The molecule has 0 bridgehead atoms. The fourth-order valence-electron chi connectivity index (χ4n) is 1.28. The SMILES string of the molecule is CC(C)c1cc2c(cn1)OCCO2. The second-order valence-electron chi connectivity index (χ2n) is 3.41. The summed E-state index contributed by atoms with van der Waals surface area (Å²) < 4.78 is 10.8. The molecule has 0 unspecified atom stereocenters. The third-order valence-electron chi connectivity index (χ3n) is 2.04. The molecule has 0 atom stereocenters. The predicted molar refractivity (Wildman–Crippen MR) is 49.3 cm³/mol. The van der Waals surface area contributed by atoms with Crippen LogP contribution < -0.4 is 9.47 Å². The molecule has 0 amide bonds. The zero-order chi connectivity index (χ0) is 9.26. The molecule has 0 fully saturated rings. The van der Waals surface area contributed by atoms with Gasteiger partial charge in [-0.15, -0.1) is 0 Å². The van der Waals surface area contributed by atoms with Crippen LogP contribution in [0.5, 0.6) is 11.5 Å². The zero-order valence-electron chi connectivity index (χ0n) is 7.91. The highest BCUT2D eigenvalue weighted by molar-refractivity contribution is 5.40. The molecule has 0 radical (unpaired) electrons. The summed E-state index contributed by atoms with van der Waals surface area (Å²) in [5.74, 6) is 2.01. The summed E-state index contributed by atoms with van der Waals surface area (Å²) in [5, 5.41) is 0. The van der Waals surface area contributed by atoms with E-state index in [1.807, 2.05) is 6.07 Å². The van der Waals surface area contributed by atoms with Crippen molar-refractivity contribution in [3.63, 3.8) is 0 Å². The Balaban J connectivity index is 2.35. The van der Waals surface area contributed by atoms with Gasteiger partial charge in [0.25, 0.3) is 0 Å². The highest BCUT2D eigenvalue weighted by atomic mass is 16.6. The number of aromatic nitrogens is 1. The molecular formula is C10H13NO2. The van der Waals surface area contributed by atoms with Gasteiger partial charge in [0.2, 0.25) is 0 Å². The fraction of sp³-hybridized carbons (Fsp3) is 0.500. The van der Waals surface area contributed by atoms with E-state index in [2.05, 4.69) is 18.8 Å². The molecule has 2 rings (SSSR count). The second-order valence-corrected chi connectivity index (χ2v) is 3.41. The summed E-state index contributed by atoms with van der Waals surface area (Å²) in [6.07, 6.45) is 1.74. The zero-order valence-corrected chi connectivity index (χ0v) is 7.91. The molecule has 0 spiro atoms. The Hall–Kier alpha value is -1.25. The van der Waals surface area contributed by atoms with Crippen LogP contribution in [0.15, 0.2) is 12.3 Å². The Morgan fingerprint density at radius 1 is 1.23 bits per heavy atom. The number of fused-ring (bicyclic) bond motifs is 1. The maximum atomic E-state index is 5.45. The van der Waals surface area contributed by atoms with E-state index in [9.17, 15) is 0 Å². The van der Waals surface area contributed by atoms with Crippen molar-refractivity contribution in [1.82, 2.24) is 4.98 Å². The van der Waals surface area contributed by atoms with Crippen LogP contribution >= 0.6 is 0 Å². The standard InChI is InChI=1S/C10H13NO2/c1-7(2)8-5-9-10(6-11-8)13-4-3-12-9/h5-7H,3-4H2,1-2H3. The number of rotatable bonds is 1. The first kappa shape index (κ1) is 8.35. The lowest BCUT2D eigenvalue weighted by atomic mass is 10.1. The normalized spacial score (nSPS) is 14.7. The Kier molecular flexibility index (Phi) is 2.08.